The largest absolute Gasteiger partial charge is 0.409 e. The molecule has 0 atom stereocenters. The highest BCUT2D eigenvalue weighted by atomic mass is 32.2. The summed E-state index contributed by atoms with van der Waals surface area (Å²) in [4.78, 5) is 0.481. The fraction of sp³-hybridized carbons (Fsp3) is 0.429. The van der Waals surface area contributed by atoms with E-state index in [4.69, 9.17) is 16.6 Å². The Morgan fingerprint density at radius 2 is 1.91 bits per heavy atom. The topological polar surface area (TPSA) is 79.2 Å². The number of nitrogens with one attached hydrogen (secondary N) is 1. The highest BCUT2D eigenvalue weighted by Crippen LogP contribution is 2.25. The Bertz CT molecular complexity index is 800. The van der Waals surface area contributed by atoms with Crippen molar-refractivity contribution in [2.24, 2.45) is 5.92 Å². The standard InChI is InChI=1S/C14H17N3O3S2/c1-10-6-8-17(9-7-10)22(18,19)12-4-2-11(3-5-12)13-15-16-14(21)20-13/h2-5,10H,6-9H2,1H3,(H,16,21). The number of rotatable bonds is 3. The molecule has 1 aliphatic rings. The predicted octanol–water partition coefficient (Wildman–Crippen LogP) is 2.82. The molecular formula is C14H17N3O3S2. The maximum atomic E-state index is 12.6. The van der Waals surface area contributed by atoms with Crippen molar-refractivity contribution in [1.82, 2.24) is 14.5 Å². The average molecular weight is 339 g/mol. The summed E-state index contributed by atoms with van der Waals surface area (Å²) in [6.45, 7) is 3.32. The van der Waals surface area contributed by atoms with E-state index in [0.29, 0.717) is 35.4 Å². The number of hydrogen-bond donors (Lipinski definition) is 1. The number of sulfonamides is 1. The molecule has 1 aromatic carbocycles. The maximum Gasteiger partial charge on any atom is 0.284 e. The smallest absolute Gasteiger partial charge is 0.284 e. The van der Waals surface area contributed by atoms with Crippen LogP contribution < -0.4 is 0 Å². The van der Waals surface area contributed by atoms with Crippen molar-refractivity contribution < 1.29 is 12.8 Å². The van der Waals surface area contributed by atoms with Gasteiger partial charge in [-0.1, -0.05) is 6.92 Å². The predicted molar refractivity (Wildman–Crippen MR) is 84.3 cm³/mol. The third-order valence-corrected chi connectivity index (χ3v) is 6.01. The second kappa shape index (κ2) is 5.94. The van der Waals surface area contributed by atoms with E-state index in [-0.39, 0.29) is 4.84 Å². The number of hydrogen-bond acceptors (Lipinski definition) is 5. The van der Waals surface area contributed by atoms with Gasteiger partial charge in [-0.25, -0.2) is 13.5 Å². The Kier molecular flexibility index (Phi) is 4.16. The van der Waals surface area contributed by atoms with Crippen LogP contribution in [0.25, 0.3) is 11.5 Å². The molecule has 8 heteroatoms. The van der Waals surface area contributed by atoms with Crippen molar-refractivity contribution in [3.05, 3.63) is 29.1 Å². The van der Waals surface area contributed by atoms with E-state index >= 15 is 0 Å². The average Bonchev–Trinajstić information content (AvgIpc) is 2.94. The van der Waals surface area contributed by atoms with Crippen LogP contribution in [-0.4, -0.2) is 36.0 Å². The first-order valence-electron chi connectivity index (χ1n) is 7.13. The molecule has 1 N–H and O–H groups in total. The number of aromatic amines is 1. The molecule has 3 rings (SSSR count). The lowest BCUT2D eigenvalue weighted by molar-refractivity contribution is 0.288. The summed E-state index contributed by atoms with van der Waals surface area (Å²) in [6, 6.07) is 6.51. The quantitative estimate of drug-likeness (QED) is 0.870. The number of piperidine rings is 1. The molecule has 0 radical (unpaired) electrons. The van der Waals surface area contributed by atoms with Crippen LogP contribution in [0.15, 0.2) is 33.6 Å². The number of benzene rings is 1. The Balaban J connectivity index is 1.84. The van der Waals surface area contributed by atoms with Crippen LogP contribution in [0.3, 0.4) is 0 Å². The van der Waals surface area contributed by atoms with Crippen LogP contribution in [0, 0.1) is 10.8 Å². The van der Waals surface area contributed by atoms with Crippen molar-refractivity contribution >= 4 is 22.2 Å². The molecule has 0 amide bonds. The lowest BCUT2D eigenvalue weighted by atomic mass is 10.0. The number of H-pyrrole nitrogens is 1. The van der Waals surface area contributed by atoms with Crippen LogP contribution in [0.2, 0.25) is 0 Å². The molecule has 0 unspecified atom stereocenters. The summed E-state index contributed by atoms with van der Waals surface area (Å²) < 4.78 is 32.0. The molecule has 0 aliphatic carbocycles. The lowest BCUT2D eigenvalue weighted by Crippen LogP contribution is -2.37. The monoisotopic (exact) mass is 339 g/mol. The molecule has 118 valence electrons. The van der Waals surface area contributed by atoms with Gasteiger partial charge in [0.05, 0.1) is 4.90 Å². The van der Waals surface area contributed by atoms with Gasteiger partial charge in [-0.05, 0) is 55.2 Å². The Morgan fingerprint density at radius 1 is 1.27 bits per heavy atom. The molecule has 1 aromatic heterocycles. The first-order valence-corrected chi connectivity index (χ1v) is 8.98. The molecule has 1 saturated heterocycles. The van der Waals surface area contributed by atoms with Crippen molar-refractivity contribution in [3.63, 3.8) is 0 Å². The van der Waals surface area contributed by atoms with Crippen LogP contribution >= 0.6 is 12.2 Å². The molecular weight excluding hydrogens is 322 g/mol. The molecule has 22 heavy (non-hydrogen) atoms. The van der Waals surface area contributed by atoms with Gasteiger partial charge in [0.15, 0.2) is 0 Å². The highest BCUT2D eigenvalue weighted by Gasteiger charge is 2.27. The van der Waals surface area contributed by atoms with E-state index in [1.165, 1.54) is 0 Å². The van der Waals surface area contributed by atoms with Gasteiger partial charge < -0.3 is 4.42 Å². The molecule has 0 bridgehead atoms. The summed E-state index contributed by atoms with van der Waals surface area (Å²) in [6.07, 6.45) is 1.82. The lowest BCUT2D eigenvalue weighted by Gasteiger charge is -2.29. The van der Waals surface area contributed by atoms with Gasteiger partial charge in [0.2, 0.25) is 15.9 Å². The van der Waals surface area contributed by atoms with Gasteiger partial charge in [0.1, 0.15) is 0 Å². The highest BCUT2D eigenvalue weighted by molar-refractivity contribution is 7.89. The van der Waals surface area contributed by atoms with Crippen molar-refractivity contribution in [1.29, 1.82) is 0 Å². The summed E-state index contributed by atoms with van der Waals surface area (Å²) in [5, 5.41) is 6.46. The van der Waals surface area contributed by atoms with Crippen LogP contribution in [0.4, 0.5) is 0 Å². The minimum atomic E-state index is -3.43. The Morgan fingerprint density at radius 3 is 2.45 bits per heavy atom. The third kappa shape index (κ3) is 2.99. The van der Waals surface area contributed by atoms with Gasteiger partial charge >= 0.3 is 0 Å². The van der Waals surface area contributed by atoms with Crippen LogP contribution in [0.1, 0.15) is 19.8 Å². The summed E-state index contributed by atoms with van der Waals surface area (Å²) in [5.41, 5.74) is 0.679. The minimum absolute atomic E-state index is 0.189. The van der Waals surface area contributed by atoms with E-state index in [0.717, 1.165) is 12.8 Å². The maximum absolute atomic E-state index is 12.6. The normalized spacial score (nSPS) is 17.7. The first-order chi connectivity index (χ1) is 10.5. The molecule has 0 spiro atoms. The third-order valence-electron chi connectivity index (χ3n) is 3.92. The molecule has 1 fully saturated rings. The molecule has 0 saturated carbocycles. The van der Waals surface area contributed by atoms with Gasteiger partial charge in [0, 0.05) is 18.7 Å². The van der Waals surface area contributed by atoms with E-state index < -0.39 is 10.0 Å². The molecule has 2 aromatic rings. The van der Waals surface area contributed by atoms with E-state index in [1.807, 2.05) is 0 Å². The molecule has 1 aliphatic heterocycles. The molecule has 2 heterocycles. The van der Waals surface area contributed by atoms with Crippen LogP contribution in [0.5, 0.6) is 0 Å². The van der Waals surface area contributed by atoms with Gasteiger partial charge in [-0.2, -0.15) is 4.31 Å². The minimum Gasteiger partial charge on any atom is -0.409 e. The van der Waals surface area contributed by atoms with Crippen molar-refractivity contribution in [2.45, 2.75) is 24.7 Å². The van der Waals surface area contributed by atoms with E-state index in [1.54, 1.807) is 28.6 Å². The second-order valence-electron chi connectivity index (χ2n) is 5.53. The first kappa shape index (κ1) is 15.4. The van der Waals surface area contributed by atoms with E-state index in [2.05, 4.69) is 17.1 Å². The van der Waals surface area contributed by atoms with Crippen molar-refractivity contribution in [3.8, 4) is 11.5 Å². The fourth-order valence-corrected chi connectivity index (χ4v) is 4.09. The Hall–Kier alpha value is -1.51. The van der Waals surface area contributed by atoms with E-state index in [9.17, 15) is 8.42 Å². The summed E-state index contributed by atoms with van der Waals surface area (Å²) in [5.74, 6) is 0.934. The van der Waals surface area contributed by atoms with Gasteiger partial charge in [0.25, 0.3) is 4.84 Å². The van der Waals surface area contributed by atoms with Gasteiger partial charge in [-0.3, -0.25) is 0 Å². The van der Waals surface area contributed by atoms with Crippen LogP contribution in [-0.2, 0) is 10.0 Å². The summed E-state index contributed by atoms with van der Waals surface area (Å²) in [7, 11) is -3.43. The second-order valence-corrected chi connectivity index (χ2v) is 7.84. The zero-order chi connectivity index (χ0) is 15.7. The van der Waals surface area contributed by atoms with Crippen molar-refractivity contribution in [2.75, 3.05) is 13.1 Å². The van der Waals surface area contributed by atoms with Gasteiger partial charge in [-0.15, -0.1) is 5.10 Å². The zero-order valence-corrected chi connectivity index (χ0v) is 13.8. The summed E-state index contributed by atoms with van der Waals surface area (Å²) >= 11 is 4.83. The fourth-order valence-electron chi connectivity index (χ4n) is 2.50. The SMILES string of the molecule is CC1CCN(S(=O)(=O)c2ccc(-c3n[nH]c(=S)o3)cc2)CC1. The zero-order valence-electron chi connectivity index (χ0n) is 12.2. The number of aromatic nitrogens is 2. The molecule has 6 nitrogen and oxygen atoms in total. The Labute approximate surface area is 134 Å². The number of nitrogens with zero attached hydrogens (tertiary/aromatic N) is 2.